The summed E-state index contributed by atoms with van der Waals surface area (Å²) in [6, 6.07) is 7.29. The van der Waals surface area contributed by atoms with Crippen molar-refractivity contribution in [2.45, 2.75) is 65.8 Å². The van der Waals surface area contributed by atoms with Gasteiger partial charge in [0.2, 0.25) is 0 Å². The van der Waals surface area contributed by atoms with Crippen molar-refractivity contribution < 1.29 is 0 Å². The van der Waals surface area contributed by atoms with E-state index in [0.717, 1.165) is 18.4 Å². The Morgan fingerprint density at radius 2 is 1.70 bits per heavy atom. The van der Waals surface area contributed by atoms with E-state index in [1.165, 1.54) is 43.2 Å². The van der Waals surface area contributed by atoms with Gasteiger partial charge in [-0.1, -0.05) is 44.9 Å². The maximum atomic E-state index is 3.85. The lowest BCUT2D eigenvalue weighted by Gasteiger charge is -2.35. The monoisotopic (exact) mass is 273 g/mol. The van der Waals surface area contributed by atoms with E-state index in [4.69, 9.17) is 0 Å². The molecule has 1 fully saturated rings. The summed E-state index contributed by atoms with van der Waals surface area (Å²) in [4.78, 5) is 0. The van der Waals surface area contributed by atoms with Crippen LogP contribution < -0.4 is 5.32 Å². The summed E-state index contributed by atoms with van der Waals surface area (Å²) in [6.07, 6.45) is 6.79. The second-order valence-electron chi connectivity index (χ2n) is 6.76. The molecule has 0 amide bonds. The molecule has 1 atom stereocenters. The van der Waals surface area contributed by atoms with Gasteiger partial charge in [-0.2, -0.15) is 0 Å². The van der Waals surface area contributed by atoms with Crippen LogP contribution in [0.2, 0.25) is 0 Å². The summed E-state index contributed by atoms with van der Waals surface area (Å²) in [7, 11) is 0. The lowest BCUT2D eigenvalue weighted by molar-refractivity contribution is 0.230. The van der Waals surface area contributed by atoms with E-state index in [0.29, 0.717) is 6.04 Å². The van der Waals surface area contributed by atoms with Crippen molar-refractivity contribution in [1.82, 2.24) is 5.32 Å². The number of benzene rings is 1. The predicted molar refractivity (Wildman–Crippen MR) is 88.1 cm³/mol. The summed E-state index contributed by atoms with van der Waals surface area (Å²) in [5, 5.41) is 3.85. The Labute approximate surface area is 125 Å². The van der Waals surface area contributed by atoms with E-state index in [-0.39, 0.29) is 0 Å². The van der Waals surface area contributed by atoms with Gasteiger partial charge in [0.05, 0.1) is 0 Å². The number of hydrogen-bond acceptors (Lipinski definition) is 1. The average molecular weight is 273 g/mol. The zero-order valence-electron chi connectivity index (χ0n) is 13.7. The van der Waals surface area contributed by atoms with Gasteiger partial charge in [-0.15, -0.1) is 0 Å². The lowest BCUT2D eigenvalue weighted by atomic mass is 9.76. The van der Waals surface area contributed by atoms with E-state index in [9.17, 15) is 0 Å². The van der Waals surface area contributed by atoms with E-state index < -0.39 is 0 Å². The highest BCUT2D eigenvalue weighted by Crippen LogP contribution is 2.38. The van der Waals surface area contributed by atoms with Gasteiger partial charge in [-0.25, -0.2) is 0 Å². The molecule has 1 aromatic rings. The molecule has 1 aliphatic carbocycles. The minimum atomic E-state index is 0.559. The molecular weight excluding hydrogens is 242 g/mol. The first kappa shape index (κ1) is 15.6. The Balaban J connectivity index is 2.22. The molecule has 1 unspecified atom stereocenters. The maximum absolute atomic E-state index is 3.85. The molecule has 1 heteroatoms. The summed E-state index contributed by atoms with van der Waals surface area (Å²) >= 11 is 0. The van der Waals surface area contributed by atoms with Gasteiger partial charge in [0.25, 0.3) is 0 Å². The van der Waals surface area contributed by atoms with Crippen LogP contribution in [0, 0.1) is 25.7 Å². The number of hydrogen-bond donors (Lipinski definition) is 1. The average Bonchev–Trinajstić information content (AvgIpc) is 2.43. The third kappa shape index (κ3) is 3.63. The fraction of sp³-hybridized carbons (Fsp3) is 0.684. The molecule has 1 N–H and O–H groups in total. The van der Waals surface area contributed by atoms with Crippen molar-refractivity contribution in [1.29, 1.82) is 0 Å². The third-order valence-electron chi connectivity index (χ3n) is 5.00. The fourth-order valence-corrected chi connectivity index (χ4v) is 3.74. The normalized spacial score (nSPS) is 24.6. The van der Waals surface area contributed by atoms with Crippen LogP contribution >= 0.6 is 0 Å². The van der Waals surface area contributed by atoms with Crippen LogP contribution in [0.3, 0.4) is 0 Å². The molecule has 0 radical (unpaired) electrons. The highest BCUT2D eigenvalue weighted by atomic mass is 14.9. The first-order chi connectivity index (χ1) is 9.63. The number of rotatable bonds is 5. The van der Waals surface area contributed by atoms with Crippen molar-refractivity contribution in [2.24, 2.45) is 11.8 Å². The fourth-order valence-electron chi connectivity index (χ4n) is 3.74. The maximum Gasteiger partial charge on any atom is 0.0353 e. The van der Waals surface area contributed by atoms with E-state index in [1.54, 1.807) is 5.56 Å². The first-order valence-corrected chi connectivity index (χ1v) is 8.43. The molecule has 0 bridgehead atoms. The Hall–Kier alpha value is -0.820. The van der Waals surface area contributed by atoms with E-state index in [2.05, 4.69) is 51.2 Å². The van der Waals surface area contributed by atoms with Gasteiger partial charge < -0.3 is 5.32 Å². The molecule has 1 nitrogen and oxygen atoms in total. The zero-order chi connectivity index (χ0) is 14.5. The quantitative estimate of drug-likeness (QED) is 0.780. The Kier molecular flexibility index (Phi) is 5.65. The second kappa shape index (κ2) is 7.26. The lowest BCUT2D eigenvalue weighted by Crippen LogP contribution is -2.32. The third-order valence-corrected chi connectivity index (χ3v) is 5.00. The van der Waals surface area contributed by atoms with E-state index in [1.807, 2.05) is 0 Å². The van der Waals surface area contributed by atoms with Gasteiger partial charge in [-0.3, -0.25) is 0 Å². The van der Waals surface area contributed by atoms with Crippen LogP contribution in [-0.2, 0) is 0 Å². The van der Waals surface area contributed by atoms with Crippen LogP contribution in [0.15, 0.2) is 18.2 Å². The number of aryl methyl sites for hydroxylation is 2. The molecule has 1 aromatic carbocycles. The second-order valence-corrected chi connectivity index (χ2v) is 6.76. The first-order valence-electron chi connectivity index (χ1n) is 8.43. The van der Waals surface area contributed by atoms with E-state index >= 15 is 0 Å². The molecular formula is C19H31N. The molecule has 0 saturated heterocycles. The van der Waals surface area contributed by atoms with Gasteiger partial charge in [-0.05, 0) is 68.2 Å². The molecule has 0 heterocycles. The zero-order valence-corrected chi connectivity index (χ0v) is 13.7. The predicted octanol–water partition coefficient (Wildman–Crippen LogP) is 5.17. The smallest absolute Gasteiger partial charge is 0.0353 e. The molecule has 2 rings (SSSR count). The standard InChI is InChI=1S/C19H31N/c1-5-13-20-19(17-11-9-14(2)10-12-17)18-15(3)7-6-8-16(18)4/h6-8,14,17,19-20H,5,9-13H2,1-4H3. The highest BCUT2D eigenvalue weighted by molar-refractivity contribution is 5.36. The molecule has 1 saturated carbocycles. The topological polar surface area (TPSA) is 12.0 Å². The van der Waals surface area contributed by atoms with Crippen LogP contribution in [0.25, 0.3) is 0 Å². The Morgan fingerprint density at radius 1 is 1.10 bits per heavy atom. The van der Waals surface area contributed by atoms with Gasteiger partial charge in [0, 0.05) is 6.04 Å². The van der Waals surface area contributed by atoms with Crippen molar-refractivity contribution in [3.8, 4) is 0 Å². The molecule has 112 valence electrons. The minimum absolute atomic E-state index is 0.559. The summed E-state index contributed by atoms with van der Waals surface area (Å²) in [5.74, 6) is 1.74. The highest BCUT2D eigenvalue weighted by Gasteiger charge is 2.28. The molecule has 0 spiro atoms. The summed E-state index contributed by atoms with van der Waals surface area (Å²) < 4.78 is 0. The Bertz CT molecular complexity index is 396. The minimum Gasteiger partial charge on any atom is -0.310 e. The molecule has 1 aliphatic rings. The van der Waals surface area contributed by atoms with Crippen LogP contribution in [0.4, 0.5) is 0 Å². The molecule has 0 aliphatic heterocycles. The summed E-state index contributed by atoms with van der Waals surface area (Å²) in [6.45, 7) is 10.3. The van der Waals surface area contributed by atoms with Gasteiger partial charge >= 0.3 is 0 Å². The summed E-state index contributed by atoms with van der Waals surface area (Å²) in [5.41, 5.74) is 4.48. The molecule has 0 aromatic heterocycles. The van der Waals surface area contributed by atoms with Crippen molar-refractivity contribution in [2.75, 3.05) is 6.54 Å². The number of nitrogens with one attached hydrogen (secondary N) is 1. The SMILES string of the molecule is CCCNC(c1c(C)cccc1C)C1CCC(C)CC1. The largest absolute Gasteiger partial charge is 0.310 e. The van der Waals surface area contributed by atoms with Crippen LogP contribution in [-0.4, -0.2) is 6.54 Å². The van der Waals surface area contributed by atoms with Crippen LogP contribution in [0.1, 0.15) is 68.7 Å². The van der Waals surface area contributed by atoms with Crippen molar-refractivity contribution >= 4 is 0 Å². The van der Waals surface area contributed by atoms with Gasteiger partial charge in [0.1, 0.15) is 0 Å². The van der Waals surface area contributed by atoms with Crippen molar-refractivity contribution in [3.05, 3.63) is 34.9 Å². The Morgan fingerprint density at radius 3 is 2.25 bits per heavy atom. The molecule has 20 heavy (non-hydrogen) atoms. The van der Waals surface area contributed by atoms with Crippen LogP contribution in [0.5, 0.6) is 0 Å². The van der Waals surface area contributed by atoms with Crippen molar-refractivity contribution in [3.63, 3.8) is 0 Å². The van der Waals surface area contributed by atoms with Gasteiger partial charge in [0.15, 0.2) is 0 Å².